The Hall–Kier alpha value is -2.36. The third kappa shape index (κ3) is 4.09. The van der Waals surface area contributed by atoms with E-state index in [2.05, 4.69) is 5.32 Å². The summed E-state index contributed by atoms with van der Waals surface area (Å²) in [7, 11) is 0. The summed E-state index contributed by atoms with van der Waals surface area (Å²) in [5.41, 5.74) is 10.0. The van der Waals surface area contributed by atoms with Crippen LogP contribution in [0, 0.1) is 0 Å². The maximum atomic E-state index is 11.9. The average Bonchev–Trinajstić information content (AvgIpc) is 2.37. The number of carboxylic acids is 1. The molecule has 0 aromatic heterocycles. The van der Waals surface area contributed by atoms with E-state index >= 15 is 0 Å². The fourth-order valence-electron chi connectivity index (χ4n) is 1.72. The van der Waals surface area contributed by atoms with E-state index in [0.29, 0.717) is 0 Å². The molecule has 112 valence electrons. The number of carboxylic acid groups (broad SMARTS) is 1. The van der Waals surface area contributed by atoms with E-state index in [1.165, 1.54) is 0 Å². The Labute approximate surface area is 114 Å². The van der Waals surface area contributed by atoms with Gasteiger partial charge in [0.1, 0.15) is 12.1 Å². The molecule has 4 amide bonds. The van der Waals surface area contributed by atoms with Crippen molar-refractivity contribution in [2.75, 3.05) is 19.8 Å². The molecule has 2 atom stereocenters. The highest BCUT2D eigenvalue weighted by Gasteiger charge is 2.33. The van der Waals surface area contributed by atoms with Crippen molar-refractivity contribution in [2.24, 2.45) is 11.5 Å². The quantitative estimate of drug-likeness (QED) is 0.427. The highest BCUT2D eigenvalue weighted by Crippen LogP contribution is 2.07. The predicted molar refractivity (Wildman–Crippen MR) is 64.3 cm³/mol. The summed E-state index contributed by atoms with van der Waals surface area (Å²) in [5, 5.41) is 11.0. The number of primary amides is 2. The summed E-state index contributed by atoms with van der Waals surface area (Å²) in [6.07, 6.45) is -0.549. The molecule has 0 aromatic rings. The van der Waals surface area contributed by atoms with Crippen molar-refractivity contribution in [2.45, 2.75) is 18.5 Å². The van der Waals surface area contributed by atoms with Crippen LogP contribution in [0.3, 0.4) is 0 Å². The van der Waals surface area contributed by atoms with E-state index in [9.17, 15) is 19.2 Å². The minimum atomic E-state index is -1.46. The van der Waals surface area contributed by atoms with Crippen molar-refractivity contribution in [3.8, 4) is 0 Å². The minimum absolute atomic E-state index is 0.0592. The molecular weight excluding hydrogens is 272 g/mol. The van der Waals surface area contributed by atoms with Gasteiger partial charge in [0.2, 0.25) is 11.8 Å². The van der Waals surface area contributed by atoms with Crippen LogP contribution in [0.1, 0.15) is 6.42 Å². The molecule has 1 rings (SSSR count). The number of aliphatic carboxylic acids is 1. The van der Waals surface area contributed by atoms with Crippen molar-refractivity contribution >= 4 is 23.8 Å². The van der Waals surface area contributed by atoms with Gasteiger partial charge in [-0.3, -0.25) is 9.59 Å². The number of urea groups is 1. The van der Waals surface area contributed by atoms with Gasteiger partial charge < -0.3 is 31.5 Å². The first kappa shape index (κ1) is 15.7. The van der Waals surface area contributed by atoms with Gasteiger partial charge in [0, 0.05) is 6.54 Å². The molecule has 0 saturated carbocycles. The normalized spacial score (nSPS) is 20.0. The molecule has 10 heteroatoms. The number of amides is 4. The number of morpholine rings is 1. The summed E-state index contributed by atoms with van der Waals surface area (Å²) in [6, 6.07) is -3.26. The molecule has 6 N–H and O–H groups in total. The highest BCUT2D eigenvalue weighted by atomic mass is 16.5. The Morgan fingerprint density at radius 2 is 2.00 bits per heavy atom. The maximum absolute atomic E-state index is 11.9. The van der Waals surface area contributed by atoms with Crippen molar-refractivity contribution in [1.82, 2.24) is 10.2 Å². The molecule has 0 spiro atoms. The summed E-state index contributed by atoms with van der Waals surface area (Å²) in [4.78, 5) is 45.9. The molecule has 0 aromatic carbocycles. The molecule has 0 bridgehead atoms. The van der Waals surface area contributed by atoms with Gasteiger partial charge in [-0.05, 0) is 0 Å². The van der Waals surface area contributed by atoms with Gasteiger partial charge in [-0.15, -0.1) is 0 Å². The van der Waals surface area contributed by atoms with Crippen LogP contribution in [0.25, 0.3) is 0 Å². The van der Waals surface area contributed by atoms with Crippen LogP contribution < -0.4 is 16.8 Å². The van der Waals surface area contributed by atoms with Crippen LogP contribution in [0.4, 0.5) is 4.79 Å². The van der Waals surface area contributed by atoms with Gasteiger partial charge in [0.25, 0.3) is 0 Å². The number of nitrogens with zero attached hydrogens (tertiary/aromatic N) is 1. The Balaban J connectivity index is 2.73. The Kier molecular flexibility index (Phi) is 5.26. The van der Waals surface area contributed by atoms with Gasteiger partial charge >= 0.3 is 12.0 Å². The van der Waals surface area contributed by atoms with E-state index in [-0.39, 0.29) is 19.8 Å². The third-order valence-electron chi connectivity index (χ3n) is 2.72. The standard InChI is InChI=1S/C10H16N4O6/c11-7(15)3-5(9(17)18)13-10(19)14-1-2-20-4-6(14)8(12)16/h5-6H,1-4H2,(H2,11,15)(H2,12,16)(H,13,19)(H,17,18)/t5-,6?/m1/s1. The van der Waals surface area contributed by atoms with E-state index < -0.39 is 42.3 Å². The first-order valence-corrected chi connectivity index (χ1v) is 5.78. The van der Waals surface area contributed by atoms with Crippen LogP contribution in [-0.2, 0) is 19.1 Å². The van der Waals surface area contributed by atoms with Crippen LogP contribution in [0.2, 0.25) is 0 Å². The van der Waals surface area contributed by atoms with Crippen LogP contribution in [-0.4, -0.2) is 65.7 Å². The van der Waals surface area contributed by atoms with Crippen LogP contribution in [0.15, 0.2) is 0 Å². The minimum Gasteiger partial charge on any atom is -0.480 e. The number of nitrogens with two attached hydrogens (primary N) is 2. The van der Waals surface area contributed by atoms with E-state index in [1.54, 1.807) is 0 Å². The fraction of sp³-hybridized carbons (Fsp3) is 0.600. The first-order chi connectivity index (χ1) is 9.32. The number of hydrogen-bond acceptors (Lipinski definition) is 5. The average molecular weight is 288 g/mol. The Morgan fingerprint density at radius 3 is 2.50 bits per heavy atom. The second kappa shape index (κ2) is 6.70. The zero-order chi connectivity index (χ0) is 15.3. The number of nitrogens with one attached hydrogen (secondary N) is 1. The Bertz CT molecular complexity index is 426. The van der Waals surface area contributed by atoms with Crippen molar-refractivity contribution < 1.29 is 29.0 Å². The molecular formula is C10H16N4O6. The molecule has 1 aliphatic heterocycles. The van der Waals surface area contributed by atoms with Gasteiger partial charge in [0.15, 0.2) is 0 Å². The largest absolute Gasteiger partial charge is 0.480 e. The lowest BCUT2D eigenvalue weighted by atomic mass is 10.2. The molecule has 1 saturated heterocycles. The van der Waals surface area contributed by atoms with Crippen LogP contribution >= 0.6 is 0 Å². The zero-order valence-corrected chi connectivity index (χ0v) is 10.6. The van der Waals surface area contributed by atoms with Gasteiger partial charge in [0.05, 0.1) is 19.6 Å². The second-order valence-electron chi connectivity index (χ2n) is 4.20. The molecule has 0 aliphatic carbocycles. The van der Waals surface area contributed by atoms with Crippen molar-refractivity contribution in [3.05, 3.63) is 0 Å². The highest BCUT2D eigenvalue weighted by molar-refractivity contribution is 5.90. The summed E-state index contributed by atoms with van der Waals surface area (Å²) in [6.45, 7) is 0.226. The van der Waals surface area contributed by atoms with Crippen LogP contribution in [0.5, 0.6) is 0 Å². The molecule has 1 unspecified atom stereocenters. The molecule has 1 heterocycles. The zero-order valence-electron chi connectivity index (χ0n) is 10.6. The van der Waals surface area contributed by atoms with E-state index in [4.69, 9.17) is 21.3 Å². The second-order valence-corrected chi connectivity index (χ2v) is 4.20. The summed E-state index contributed by atoms with van der Waals surface area (Å²) in [5.74, 6) is -3.03. The fourth-order valence-corrected chi connectivity index (χ4v) is 1.72. The lowest BCUT2D eigenvalue weighted by Gasteiger charge is -2.34. The van der Waals surface area contributed by atoms with E-state index in [1.807, 2.05) is 0 Å². The van der Waals surface area contributed by atoms with E-state index in [0.717, 1.165) is 4.90 Å². The molecule has 20 heavy (non-hydrogen) atoms. The summed E-state index contributed by atoms with van der Waals surface area (Å²) < 4.78 is 5.03. The predicted octanol–water partition coefficient (Wildman–Crippen LogP) is -2.79. The first-order valence-electron chi connectivity index (χ1n) is 5.78. The smallest absolute Gasteiger partial charge is 0.326 e. The third-order valence-corrected chi connectivity index (χ3v) is 2.72. The monoisotopic (exact) mass is 288 g/mol. The lowest BCUT2D eigenvalue weighted by molar-refractivity contribution is -0.141. The number of carbonyl (C=O) groups is 4. The number of hydrogen-bond donors (Lipinski definition) is 4. The molecule has 1 aliphatic rings. The lowest BCUT2D eigenvalue weighted by Crippen LogP contribution is -2.59. The Morgan fingerprint density at radius 1 is 1.35 bits per heavy atom. The number of ether oxygens (including phenoxy) is 1. The number of carbonyl (C=O) groups excluding carboxylic acids is 3. The van der Waals surface area contributed by atoms with Gasteiger partial charge in [-0.25, -0.2) is 9.59 Å². The van der Waals surface area contributed by atoms with Crippen molar-refractivity contribution in [3.63, 3.8) is 0 Å². The number of rotatable bonds is 5. The van der Waals surface area contributed by atoms with Crippen molar-refractivity contribution in [1.29, 1.82) is 0 Å². The molecule has 1 fully saturated rings. The molecule has 0 radical (unpaired) electrons. The SMILES string of the molecule is NC(=O)C[C@@H](NC(=O)N1CCOCC1C(N)=O)C(=O)O. The van der Waals surface area contributed by atoms with Gasteiger partial charge in [-0.1, -0.05) is 0 Å². The van der Waals surface area contributed by atoms with Gasteiger partial charge in [-0.2, -0.15) is 0 Å². The topological polar surface area (TPSA) is 165 Å². The maximum Gasteiger partial charge on any atom is 0.326 e. The summed E-state index contributed by atoms with van der Waals surface area (Å²) >= 11 is 0. The molecule has 10 nitrogen and oxygen atoms in total.